The van der Waals surface area contributed by atoms with Gasteiger partial charge in [-0.05, 0) is 33.1 Å². The summed E-state index contributed by atoms with van der Waals surface area (Å²) in [4.78, 5) is 12.2. The predicted molar refractivity (Wildman–Crippen MR) is 141 cm³/mol. The Balaban J connectivity index is 4.40. The minimum Gasteiger partial charge on any atom is -0.461 e. The summed E-state index contributed by atoms with van der Waals surface area (Å²) in [6.45, 7) is 16.6. The van der Waals surface area contributed by atoms with Gasteiger partial charge in [0.1, 0.15) is 19.3 Å². The molecule has 0 bridgehead atoms. The average Bonchev–Trinajstić information content (AvgIpc) is 2.76. The summed E-state index contributed by atoms with van der Waals surface area (Å²) in [5, 5.41) is 0. The Morgan fingerprint density at radius 1 is 0.811 bits per heavy atom. The van der Waals surface area contributed by atoms with E-state index >= 15 is 0 Å². The second-order valence-corrected chi connectivity index (χ2v) is 12.7. The molecule has 0 spiro atoms. The molecule has 0 N–H and O–H groups in total. The van der Waals surface area contributed by atoms with Crippen molar-refractivity contribution >= 4 is 16.0 Å². The average molecular weight is 558 g/mol. The molecule has 0 amide bonds. The SMILES string of the molecule is COCCOCCOCCOCCOCC(=O)OC[C@H](CN(C(C)(C)C)S(C)(=O)=O)O[C@@H](C)C(C)(C)C. The zero-order valence-corrected chi connectivity index (χ0v) is 25.2. The lowest BCUT2D eigenvalue weighted by molar-refractivity contribution is -0.157. The van der Waals surface area contributed by atoms with Crippen molar-refractivity contribution in [2.75, 3.05) is 86.0 Å². The molecule has 0 aromatic carbocycles. The first-order valence-electron chi connectivity index (χ1n) is 12.7. The maximum atomic E-state index is 12.4. The number of carbonyl (C=O) groups is 1. The molecule has 2 atom stereocenters. The van der Waals surface area contributed by atoms with Crippen LogP contribution >= 0.6 is 0 Å². The van der Waals surface area contributed by atoms with E-state index in [1.807, 2.05) is 48.5 Å². The van der Waals surface area contributed by atoms with Gasteiger partial charge in [-0.2, -0.15) is 4.31 Å². The summed E-state index contributed by atoms with van der Waals surface area (Å²) in [6, 6.07) is 0. The molecule has 222 valence electrons. The van der Waals surface area contributed by atoms with E-state index in [-0.39, 0.29) is 37.9 Å². The summed E-state index contributed by atoms with van der Waals surface area (Å²) < 4.78 is 63.9. The van der Waals surface area contributed by atoms with Crippen molar-refractivity contribution in [2.24, 2.45) is 5.41 Å². The number of methoxy groups -OCH3 is 1. The van der Waals surface area contributed by atoms with Crippen LogP contribution in [0, 0.1) is 5.41 Å². The van der Waals surface area contributed by atoms with E-state index < -0.39 is 27.6 Å². The minimum atomic E-state index is -3.51. The molecule has 12 heteroatoms. The lowest BCUT2D eigenvalue weighted by Gasteiger charge is -2.38. The lowest BCUT2D eigenvalue weighted by atomic mass is 9.90. The Bertz CT molecular complexity index is 703. The van der Waals surface area contributed by atoms with E-state index in [0.29, 0.717) is 46.2 Å². The molecule has 0 aromatic rings. The van der Waals surface area contributed by atoms with Gasteiger partial charge in [-0.15, -0.1) is 0 Å². The van der Waals surface area contributed by atoms with Crippen molar-refractivity contribution in [2.45, 2.75) is 66.2 Å². The highest BCUT2D eigenvalue weighted by atomic mass is 32.2. The van der Waals surface area contributed by atoms with Gasteiger partial charge in [-0.25, -0.2) is 13.2 Å². The Kier molecular flexibility index (Phi) is 18.0. The molecule has 37 heavy (non-hydrogen) atoms. The second kappa shape index (κ2) is 18.4. The molecule has 0 rings (SSSR count). The van der Waals surface area contributed by atoms with Crippen molar-refractivity contribution in [3.8, 4) is 0 Å². The number of rotatable bonds is 21. The fourth-order valence-electron chi connectivity index (χ4n) is 2.90. The normalized spacial score (nSPS) is 14.6. The van der Waals surface area contributed by atoms with E-state index in [2.05, 4.69) is 0 Å². The van der Waals surface area contributed by atoms with Gasteiger partial charge in [0.05, 0.1) is 65.2 Å². The molecule has 0 aromatic heterocycles. The fraction of sp³-hybridized carbons (Fsp3) is 0.960. The highest BCUT2D eigenvalue weighted by Crippen LogP contribution is 2.25. The van der Waals surface area contributed by atoms with Crippen LogP contribution in [0.2, 0.25) is 0 Å². The van der Waals surface area contributed by atoms with Crippen LogP contribution in [-0.4, -0.2) is 122 Å². The third kappa shape index (κ3) is 18.9. The second-order valence-electron chi connectivity index (χ2n) is 10.8. The Hall–Kier alpha value is -0.860. The first-order chi connectivity index (χ1) is 17.1. The Morgan fingerprint density at radius 2 is 1.27 bits per heavy atom. The molecule has 0 heterocycles. The molecule has 0 unspecified atom stereocenters. The number of sulfonamides is 1. The first-order valence-corrected chi connectivity index (χ1v) is 14.5. The topological polar surface area (TPSA) is 119 Å². The number of ether oxygens (including phenoxy) is 7. The van der Waals surface area contributed by atoms with Crippen LogP contribution < -0.4 is 0 Å². The summed E-state index contributed by atoms with van der Waals surface area (Å²) >= 11 is 0. The van der Waals surface area contributed by atoms with Gasteiger partial charge in [0.15, 0.2) is 0 Å². The largest absolute Gasteiger partial charge is 0.461 e. The van der Waals surface area contributed by atoms with Crippen LogP contribution in [0.15, 0.2) is 0 Å². The lowest BCUT2D eigenvalue weighted by Crippen LogP contribution is -2.51. The molecule has 0 radical (unpaired) electrons. The zero-order chi connectivity index (χ0) is 28.5. The predicted octanol–water partition coefficient (Wildman–Crippen LogP) is 2.12. The van der Waals surface area contributed by atoms with E-state index in [1.165, 1.54) is 4.31 Å². The summed E-state index contributed by atoms with van der Waals surface area (Å²) in [7, 11) is -1.89. The molecular weight excluding hydrogens is 506 g/mol. The maximum Gasteiger partial charge on any atom is 0.332 e. The molecule has 0 aliphatic carbocycles. The zero-order valence-electron chi connectivity index (χ0n) is 24.4. The maximum absolute atomic E-state index is 12.4. The third-order valence-corrected chi connectivity index (χ3v) is 6.83. The van der Waals surface area contributed by atoms with Crippen LogP contribution in [0.4, 0.5) is 0 Å². The highest BCUT2D eigenvalue weighted by molar-refractivity contribution is 7.88. The van der Waals surface area contributed by atoms with Gasteiger partial charge in [-0.1, -0.05) is 20.8 Å². The number of hydrogen-bond donors (Lipinski definition) is 0. The smallest absolute Gasteiger partial charge is 0.332 e. The van der Waals surface area contributed by atoms with E-state index in [1.54, 1.807) is 7.11 Å². The molecule has 0 saturated carbocycles. The van der Waals surface area contributed by atoms with Gasteiger partial charge in [0.2, 0.25) is 10.0 Å². The Morgan fingerprint density at radius 3 is 1.68 bits per heavy atom. The van der Waals surface area contributed by atoms with Gasteiger partial charge < -0.3 is 33.2 Å². The molecule has 0 fully saturated rings. The van der Waals surface area contributed by atoms with Crippen LogP contribution in [-0.2, 0) is 48.0 Å². The van der Waals surface area contributed by atoms with Crippen molar-refractivity contribution in [1.29, 1.82) is 0 Å². The van der Waals surface area contributed by atoms with Gasteiger partial charge in [0, 0.05) is 19.2 Å². The van der Waals surface area contributed by atoms with Crippen LogP contribution in [0.1, 0.15) is 48.5 Å². The fourth-order valence-corrected chi connectivity index (χ4v) is 4.34. The van der Waals surface area contributed by atoms with Crippen molar-refractivity contribution in [3.05, 3.63) is 0 Å². The van der Waals surface area contributed by atoms with Crippen LogP contribution in [0.5, 0.6) is 0 Å². The molecule has 0 saturated heterocycles. The molecule has 11 nitrogen and oxygen atoms in total. The van der Waals surface area contributed by atoms with Crippen molar-refractivity contribution < 1.29 is 46.4 Å². The van der Waals surface area contributed by atoms with E-state index in [9.17, 15) is 13.2 Å². The monoisotopic (exact) mass is 557 g/mol. The van der Waals surface area contributed by atoms with Gasteiger partial charge in [-0.3, -0.25) is 0 Å². The van der Waals surface area contributed by atoms with E-state index in [4.69, 9.17) is 33.2 Å². The number of esters is 1. The van der Waals surface area contributed by atoms with Crippen molar-refractivity contribution in [1.82, 2.24) is 4.31 Å². The number of hydrogen-bond acceptors (Lipinski definition) is 10. The van der Waals surface area contributed by atoms with E-state index in [0.717, 1.165) is 6.26 Å². The van der Waals surface area contributed by atoms with Crippen LogP contribution in [0.3, 0.4) is 0 Å². The minimum absolute atomic E-state index is 0.0616. The first kappa shape index (κ1) is 36.1. The number of carbonyl (C=O) groups excluding carboxylic acids is 1. The molecular formula is C25H51NO10S. The molecule has 0 aliphatic rings. The quantitative estimate of drug-likeness (QED) is 0.153. The van der Waals surface area contributed by atoms with Crippen molar-refractivity contribution in [3.63, 3.8) is 0 Å². The molecule has 0 aliphatic heterocycles. The Labute approximate surface area is 224 Å². The third-order valence-electron chi connectivity index (χ3n) is 5.33. The van der Waals surface area contributed by atoms with Gasteiger partial charge >= 0.3 is 5.97 Å². The highest BCUT2D eigenvalue weighted by Gasteiger charge is 2.34. The summed E-state index contributed by atoms with van der Waals surface area (Å²) in [5.74, 6) is -0.560. The van der Waals surface area contributed by atoms with Gasteiger partial charge in [0.25, 0.3) is 0 Å². The summed E-state index contributed by atoms with van der Waals surface area (Å²) in [5.41, 5.74) is -0.831. The standard InChI is InChI=1S/C25H51NO10S/c1-21(24(2,3)4)36-22(18-26(25(5,6)7)37(9,28)29)19-35-23(27)20-34-17-16-33-15-14-32-13-12-31-11-10-30-8/h21-22H,10-20H2,1-9H3/t21-,22-/m0/s1. The van der Waals surface area contributed by atoms with Crippen LogP contribution in [0.25, 0.3) is 0 Å². The summed E-state index contributed by atoms with van der Waals surface area (Å²) in [6.07, 6.45) is 0.328. The number of nitrogens with zero attached hydrogens (tertiary/aromatic N) is 1.